The van der Waals surface area contributed by atoms with Crippen molar-refractivity contribution in [2.24, 2.45) is 0 Å². The molecule has 0 saturated carbocycles. The topological polar surface area (TPSA) is 115 Å². The van der Waals surface area contributed by atoms with E-state index in [0.717, 1.165) is 11.8 Å². The van der Waals surface area contributed by atoms with Crippen LogP contribution in [0.3, 0.4) is 0 Å². The Bertz CT molecular complexity index is 1130. The number of halogens is 1. The zero-order chi connectivity index (χ0) is 20.5. The second-order valence-corrected chi connectivity index (χ2v) is 8.64. The second kappa shape index (κ2) is 7.70. The molecule has 0 aliphatic heterocycles. The van der Waals surface area contributed by atoms with E-state index in [1.165, 1.54) is 16.7 Å². The maximum Gasteiger partial charge on any atom is 0.342 e. The van der Waals surface area contributed by atoms with Crippen LogP contribution in [0.4, 0.5) is 5.82 Å². The highest BCUT2D eigenvalue weighted by atomic mass is 35.7. The van der Waals surface area contributed by atoms with Crippen LogP contribution in [0.15, 0.2) is 59.6 Å². The van der Waals surface area contributed by atoms with Crippen LogP contribution in [0.5, 0.6) is 0 Å². The fourth-order valence-corrected chi connectivity index (χ4v) is 4.07. The summed E-state index contributed by atoms with van der Waals surface area (Å²) in [6.45, 7) is 1.30. The molecule has 28 heavy (non-hydrogen) atoms. The Kier molecular flexibility index (Phi) is 5.50. The van der Waals surface area contributed by atoms with E-state index in [9.17, 15) is 23.6 Å². The molecule has 1 aromatic heterocycles. The summed E-state index contributed by atoms with van der Waals surface area (Å²) < 4.78 is 25.2. The number of nitrogens with zero attached hydrogens (tertiary/aromatic N) is 3. The average Bonchev–Trinajstić information content (AvgIpc) is 3.02. The highest BCUT2D eigenvalue weighted by Crippen LogP contribution is 2.32. The van der Waals surface area contributed by atoms with Crippen LogP contribution >= 0.6 is 10.7 Å². The molecule has 0 amide bonds. The number of aliphatic hydroxyl groups is 1. The quantitative estimate of drug-likeness (QED) is 0.370. The third-order valence-electron chi connectivity index (χ3n) is 4.32. The van der Waals surface area contributed by atoms with E-state index in [4.69, 9.17) is 10.7 Å². The molecular formula is C18H16ClN3O5S. The van der Waals surface area contributed by atoms with Gasteiger partial charge in [-0.15, -0.1) is 0 Å². The summed E-state index contributed by atoms with van der Waals surface area (Å²) in [6.07, 6.45) is -0.277. The Morgan fingerprint density at radius 2 is 1.89 bits per heavy atom. The predicted molar refractivity (Wildman–Crippen MR) is 103 cm³/mol. The first-order valence-electron chi connectivity index (χ1n) is 8.17. The molecule has 3 rings (SSSR count). The zero-order valence-electron chi connectivity index (χ0n) is 14.7. The summed E-state index contributed by atoms with van der Waals surface area (Å²) in [7, 11) is 1.40. The Hall–Kier alpha value is -2.75. The number of aromatic nitrogens is 2. The molecule has 2 aromatic carbocycles. The summed E-state index contributed by atoms with van der Waals surface area (Å²) in [5, 5.41) is 21.9. The fraction of sp³-hybridized carbons (Fsp3) is 0.167. The number of hydrogen-bond acceptors (Lipinski definition) is 6. The second-order valence-electron chi connectivity index (χ2n) is 6.10. The van der Waals surface area contributed by atoms with Crippen molar-refractivity contribution in [3.8, 4) is 11.1 Å². The van der Waals surface area contributed by atoms with Crippen molar-refractivity contribution in [3.63, 3.8) is 0 Å². The Balaban J connectivity index is 2.08. The Morgan fingerprint density at radius 3 is 2.50 bits per heavy atom. The van der Waals surface area contributed by atoms with Crippen molar-refractivity contribution in [1.29, 1.82) is 0 Å². The van der Waals surface area contributed by atoms with Crippen LogP contribution in [-0.4, -0.2) is 28.0 Å². The van der Waals surface area contributed by atoms with E-state index in [-0.39, 0.29) is 22.8 Å². The van der Waals surface area contributed by atoms with Gasteiger partial charge in [0.2, 0.25) is 0 Å². The Labute approximate surface area is 165 Å². The minimum atomic E-state index is -4.14. The van der Waals surface area contributed by atoms with Gasteiger partial charge >= 0.3 is 5.82 Å². The lowest BCUT2D eigenvalue weighted by Crippen LogP contribution is -2.14. The maximum absolute atomic E-state index is 12.0. The molecule has 1 N–H and O–H groups in total. The number of aryl methyl sites for hydroxylation is 1. The number of benzene rings is 2. The average molecular weight is 422 g/mol. The zero-order valence-corrected chi connectivity index (χ0v) is 16.3. The Morgan fingerprint density at radius 1 is 1.21 bits per heavy atom. The van der Waals surface area contributed by atoms with Crippen molar-refractivity contribution in [3.05, 3.63) is 76.2 Å². The van der Waals surface area contributed by atoms with Gasteiger partial charge in [0.25, 0.3) is 9.05 Å². The summed E-state index contributed by atoms with van der Waals surface area (Å²) in [5.41, 5.74) is 1.55. The molecule has 0 saturated heterocycles. The highest BCUT2D eigenvalue weighted by molar-refractivity contribution is 8.13. The van der Waals surface area contributed by atoms with Crippen molar-refractivity contribution in [2.75, 3.05) is 0 Å². The van der Waals surface area contributed by atoms with E-state index in [1.807, 2.05) is 30.3 Å². The molecule has 1 unspecified atom stereocenters. The molecule has 0 radical (unpaired) electrons. The fourth-order valence-electron chi connectivity index (χ4n) is 2.94. The third kappa shape index (κ3) is 4.06. The summed E-state index contributed by atoms with van der Waals surface area (Å²) in [5.74, 6) is 0.0197. The lowest BCUT2D eigenvalue weighted by atomic mass is 10.0. The number of aliphatic hydroxyl groups excluding tert-OH is 1. The van der Waals surface area contributed by atoms with Gasteiger partial charge in [0.15, 0.2) is 5.82 Å². The number of imidazole rings is 1. The third-order valence-corrected chi connectivity index (χ3v) is 5.71. The van der Waals surface area contributed by atoms with E-state index in [2.05, 4.69) is 4.98 Å². The molecule has 146 valence electrons. The van der Waals surface area contributed by atoms with Crippen molar-refractivity contribution in [1.82, 2.24) is 9.55 Å². The van der Waals surface area contributed by atoms with Crippen molar-refractivity contribution >= 4 is 25.6 Å². The van der Waals surface area contributed by atoms with Crippen LogP contribution in [0.25, 0.3) is 11.1 Å². The van der Waals surface area contributed by atoms with Gasteiger partial charge in [0, 0.05) is 23.2 Å². The first-order chi connectivity index (χ1) is 13.2. The standard InChI is InChI=1S/C18H16ClN3O5S/c1-12-20-10-18(22(24)25)21(12)11-16(23)15-9-14(13-5-3-2-4-6-13)7-8-17(15)28(19,26)27/h2-10,16,23H,11H2,1H3. The number of rotatable bonds is 6. The summed E-state index contributed by atoms with van der Waals surface area (Å²) in [6, 6.07) is 13.6. The van der Waals surface area contributed by atoms with E-state index < -0.39 is 20.1 Å². The van der Waals surface area contributed by atoms with Crippen LogP contribution in [-0.2, 0) is 15.6 Å². The normalized spacial score (nSPS) is 12.7. The smallest absolute Gasteiger partial charge is 0.342 e. The molecule has 8 nitrogen and oxygen atoms in total. The molecule has 0 bridgehead atoms. The van der Waals surface area contributed by atoms with Gasteiger partial charge in [-0.25, -0.2) is 18.0 Å². The molecule has 1 atom stereocenters. The first kappa shape index (κ1) is 20.0. The SMILES string of the molecule is Cc1ncc([N+](=O)[O-])n1CC(O)c1cc(-c2ccccc2)ccc1S(=O)(=O)Cl. The monoisotopic (exact) mass is 421 g/mol. The minimum Gasteiger partial charge on any atom is -0.384 e. The molecule has 0 aliphatic carbocycles. The van der Waals surface area contributed by atoms with Gasteiger partial charge in [0.1, 0.15) is 18.8 Å². The molecule has 3 aromatic rings. The highest BCUT2D eigenvalue weighted by Gasteiger charge is 2.26. The molecule has 0 spiro atoms. The first-order valence-corrected chi connectivity index (χ1v) is 10.5. The molecule has 0 fully saturated rings. The van der Waals surface area contributed by atoms with Gasteiger partial charge in [-0.3, -0.25) is 0 Å². The largest absolute Gasteiger partial charge is 0.384 e. The van der Waals surface area contributed by atoms with Gasteiger partial charge < -0.3 is 15.2 Å². The molecular weight excluding hydrogens is 406 g/mol. The van der Waals surface area contributed by atoms with Crippen LogP contribution in [0.1, 0.15) is 17.5 Å². The molecule has 10 heteroatoms. The van der Waals surface area contributed by atoms with Crippen molar-refractivity contribution in [2.45, 2.75) is 24.5 Å². The van der Waals surface area contributed by atoms with Gasteiger partial charge in [-0.2, -0.15) is 0 Å². The molecule has 0 aliphatic rings. The van der Waals surface area contributed by atoms with Crippen molar-refractivity contribution < 1.29 is 18.4 Å². The lowest BCUT2D eigenvalue weighted by Gasteiger charge is -2.15. The number of hydrogen-bond donors (Lipinski definition) is 1. The van der Waals surface area contributed by atoms with E-state index in [0.29, 0.717) is 11.4 Å². The van der Waals surface area contributed by atoms with E-state index in [1.54, 1.807) is 13.0 Å². The lowest BCUT2D eigenvalue weighted by molar-refractivity contribution is -0.392. The van der Waals surface area contributed by atoms with Crippen LogP contribution in [0, 0.1) is 17.0 Å². The van der Waals surface area contributed by atoms with Gasteiger partial charge in [0.05, 0.1) is 4.90 Å². The minimum absolute atomic E-state index is 0.0544. The van der Waals surface area contributed by atoms with Gasteiger partial charge in [-0.1, -0.05) is 36.4 Å². The van der Waals surface area contributed by atoms with Crippen LogP contribution in [0.2, 0.25) is 0 Å². The predicted octanol–water partition coefficient (Wildman–Crippen LogP) is 3.43. The van der Waals surface area contributed by atoms with Crippen LogP contribution < -0.4 is 0 Å². The number of nitro groups is 1. The summed E-state index contributed by atoms with van der Waals surface area (Å²) in [4.78, 5) is 14.2. The maximum atomic E-state index is 12.0. The molecule has 1 heterocycles. The van der Waals surface area contributed by atoms with Gasteiger partial charge in [-0.05, 0) is 28.2 Å². The summed E-state index contributed by atoms with van der Waals surface area (Å²) >= 11 is 0. The van der Waals surface area contributed by atoms with E-state index >= 15 is 0 Å².